The van der Waals surface area contributed by atoms with Crippen LogP contribution in [0.2, 0.25) is 0 Å². The molecule has 0 aliphatic carbocycles. The third-order valence-corrected chi connectivity index (χ3v) is 5.72. The second-order valence-electron chi connectivity index (χ2n) is 5.73. The Morgan fingerprint density at radius 3 is 3.25 bits per heavy atom. The number of hydrogen-bond donors (Lipinski definition) is 1. The molecule has 3 unspecified atom stereocenters. The average molecular weight is 294 g/mol. The molecule has 0 amide bonds. The highest BCUT2D eigenvalue weighted by Crippen LogP contribution is 2.44. The number of hydrogen-bond acceptors (Lipinski definition) is 5. The molecule has 1 aromatic rings. The van der Waals surface area contributed by atoms with Gasteiger partial charge in [-0.1, -0.05) is 0 Å². The quantitative estimate of drug-likeness (QED) is 0.927. The van der Waals surface area contributed by atoms with Gasteiger partial charge in [0.05, 0.1) is 18.9 Å². The number of nitrogens with zero attached hydrogens (tertiary/aromatic N) is 1. The van der Waals surface area contributed by atoms with E-state index in [0.717, 1.165) is 42.9 Å². The van der Waals surface area contributed by atoms with Gasteiger partial charge in [0.2, 0.25) is 0 Å². The number of ether oxygens (including phenoxy) is 2. The molecule has 0 aromatic carbocycles. The zero-order valence-corrected chi connectivity index (χ0v) is 12.7. The van der Waals surface area contributed by atoms with E-state index in [0.29, 0.717) is 5.92 Å². The summed E-state index contributed by atoms with van der Waals surface area (Å²) < 4.78 is 11.5. The molecule has 1 aromatic heterocycles. The Bertz CT molecular complexity index is 463. The van der Waals surface area contributed by atoms with Gasteiger partial charge in [0.25, 0.3) is 0 Å². The van der Waals surface area contributed by atoms with Crippen molar-refractivity contribution < 1.29 is 9.47 Å². The number of pyridine rings is 1. The summed E-state index contributed by atoms with van der Waals surface area (Å²) in [7, 11) is 1.67. The zero-order chi connectivity index (χ0) is 14.0. The molecule has 2 N–H and O–H groups in total. The van der Waals surface area contributed by atoms with Crippen molar-refractivity contribution in [2.45, 2.75) is 30.9 Å². The number of aromatic nitrogens is 1. The van der Waals surface area contributed by atoms with E-state index in [1.54, 1.807) is 19.5 Å². The minimum Gasteiger partial charge on any atom is -0.495 e. The van der Waals surface area contributed by atoms with Gasteiger partial charge in [-0.2, -0.15) is 11.8 Å². The van der Waals surface area contributed by atoms with Crippen LogP contribution in [0.3, 0.4) is 0 Å². The zero-order valence-electron chi connectivity index (χ0n) is 11.9. The number of nitrogens with two attached hydrogens (primary N) is 1. The number of thioether (sulfide) groups is 1. The lowest BCUT2D eigenvalue weighted by atomic mass is 9.79. The van der Waals surface area contributed by atoms with E-state index >= 15 is 0 Å². The summed E-state index contributed by atoms with van der Waals surface area (Å²) >= 11 is 2.00. The first-order chi connectivity index (χ1) is 9.74. The SMILES string of the molecule is COc1cnccc1C(N)C1CCOC2(CCSC2)C1. The van der Waals surface area contributed by atoms with Crippen LogP contribution in [0.25, 0.3) is 0 Å². The second kappa shape index (κ2) is 5.92. The fraction of sp³-hybridized carbons (Fsp3) is 0.667. The topological polar surface area (TPSA) is 57.4 Å². The first-order valence-electron chi connectivity index (χ1n) is 7.19. The molecule has 2 aliphatic rings. The second-order valence-corrected chi connectivity index (χ2v) is 6.84. The maximum Gasteiger partial charge on any atom is 0.141 e. The van der Waals surface area contributed by atoms with Gasteiger partial charge in [0, 0.05) is 30.2 Å². The van der Waals surface area contributed by atoms with Gasteiger partial charge < -0.3 is 15.2 Å². The fourth-order valence-electron chi connectivity index (χ4n) is 3.33. The lowest BCUT2D eigenvalue weighted by Crippen LogP contribution is -2.42. The lowest BCUT2D eigenvalue weighted by molar-refractivity contribution is -0.0835. The minimum absolute atomic E-state index is 0.000625. The molecule has 3 heterocycles. The van der Waals surface area contributed by atoms with E-state index in [9.17, 15) is 0 Å². The summed E-state index contributed by atoms with van der Waals surface area (Å²) in [6.07, 6.45) is 6.79. The molecular weight excluding hydrogens is 272 g/mol. The van der Waals surface area contributed by atoms with Crippen LogP contribution in [-0.4, -0.2) is 35.8 Å². The molecule has 1 spiro atoms. The summed E-state index contributed by atoms with van der Waals surface area (Å²) in [5, 5.41) is 0. The molecule has 2 aliphatic heterocycles. The molecule has 5 heteroatoms. The highest BCUT2D eigenvalue weighted by Gasteiger charge is 2.42. The molecule has 110 valence electrons. The predicted octanol–water partition coefficient (Wildman–Crippen LogP) is 2.39. The van der Waals surface area contributed by atoms with Crippen LogP contribution in [0.1, 0.15) is 30.9 Å². The van der Waals surface area contributed by atoms with Crippen LogP contribution in [0.4, 0.5) is 0 Å². The molecular formula is C15H22N2O2S. The lowest BCUT2D eigenvalue weighted by Gasteiger charge is -2.40. The van der Waals surface area contributed by atoms with Crippen molar-refractivity contribution >= 4 is 11.8 Å². The Balaban J connectivity index is 1.77. The largest absolute Gasteiger partial charge is 0.495 e. The summed E-state index contributed by atoms with van der Waals surface area (Å²) in [5.41, 5.74) is 7.67. The van der Waals surface area contributed by atoms with Crippen molar-refractivity contribution in [1.82, 2.24) is 4.98 Å². The third-order valence-electron chi connectivity index (χ3n) is 4.50. The van der Waals surface area contributed by atoms with E-state index < -0.39 is 0 Å². The van der Waals surface area contributed by atoms with Crippen LogP contribution in [0.5, 0.6) is 5.75 Å². The van der Waals surface area contributed by atoms with Crippen molar-refractivity contribution in [3.63, 3.8) is 0 Å². The van der Waals surface area contributed by atoms with Gasteiger partial charge in [-0.15, -0.1) is 0 Å². The molecule has 2 fully saturated rings. The van der Waals surface area contributed by atoms with E-state index in [4.69, 9.17) is 15.2 Å². The van der Waals surface area contributed by atoms with Crippen LogP contribution in [-0.2, 0) is 4.74 Å². The van der Waals surface area contributed by atoms with Crippen molar-refractivity contribution in [3.8, 4) is 5.75 Å². The van der Waals surface area contributed by atoms with Gasteiger partial charge >= 0.3 is 0 Å². The Morgan fingerprint density at radius 2 is 2.50 bits per heavy atom. The molecule has 0 bridgehead atoms. The molecule has 3 atom stereocenters. The normalized spacial score (nSPS) is 31.4. The van der Waals surface area contributed by atoms with Crippen LogP contribution in [0, 0.1) is 5.92 Å². The van der Waals surface area contributed by atoms with Crippen LogP contribution < -0.4 is 10.5 Å². The van der Waals surface area contributed by atoms with Gasteiger partial charge in [-0.25, -0.2) is 0 Å². The van der Waals surface area contributed by atoms with Crippen LogP contribution >= 0.6 is 11.8 Å². The number of methoxy groups -OCH3 is 1. The molecule has 0 saturated carbocycles. The maximum absolute atomic E-state index is 6.53. The summed E-state index contributed by atoms with van der Waals surface area (Å²) in [4.78, 5) is 4.11. The van der Waals surface area contributed by atoms with Gasteiger partial charge in [-0.3, -0.25) is 4.98 Å². The van der Waals surface area contributed by atoms with E-state index in [2.05, 4.69) is 4.98 Å². The smallest absolute Gasteiger partial charge is 0.141 e. The molecule has 3 rings (SSSR count). The Labute approximate surface area is 124 Å². The van der Waals surface area contributed by atoms with E-state index in [-0.39, 0.29) is 11.6 Å². The fourth-order valence-corrected chi connectivity index (χ4v) is 4.70. The summed E-state index contributed by atoms with van der Waals surface area (Å²) in [6, 6.07) is 1.98. The Hall–Kier alpha value is -0.780. The average Bonchev–Trinajstić information content (AvgIpc) is 2.94. The van der Waals surface area contributed by atoms with Gasteiger partial charge in [-0.05, 0) is 37.0 Å². The van der Waals surface area contributed by atoms with Crippen molar-refractivity contribution in [3.05, 3.63) is 24.0 Å². The van der Waals surface area contributed by atoms with E-state index in [1.807, 2.05) is 17.8 Å². The Morgan fingerprint density at radius 1 is 1.60 bits per heavy atom. The first kappa shape index (κ1) is 14.2. The summed E-state index contributed by atoms with van der Waals surface area (Å²) in [5.74, 6) is 3.57. The predicted molar refractivity (Wildman–Crippen MR) is 81.1 cm³/mol. The van der Waals surface area contributed by atoms with Gasteiger partial charge in [0.15, 0.2) is 0 Å². The molecule has 20 heavy (non-hydrogen) atoms. The molecule has 0 radical (unpaired) electrons. The molecule has 4 nitrogen and oxygen atoms in total. The molecule has 2 saturated heterocycles. The van der Waals surface area contributed by atoms with Crippen molar-refractivity contribution in [2.75, 3.05) is 25.2 Å². The standard InChI is InChI=1S/C15H22N2O2S/c1-18-13-9-17-5-2-12(13)14(16)11-3-6-19-15(8-11)4-7-20-10-15/h2,5,9,11,14H,3-4,6-8,10,16H2,1H3. The van der Waals surface area contributed by atoms with Gasteiger partial charge in [0.1, 0.15) is 5.75 Å². The first-order valence-corrected chi connectivity index (χ1v) is 8.35. The summed E-state index contributed by atoms with van der Waals surface area (Å²) in [6.45, 7) is 0.826. The van der Waals surface area contributed by atoms with Crippen molar-refractivity contribution in [2.24, 2.45) is 11.7 Å². The highest BCUT2D eigenvalue weighted by molar-refractivity contribution is 7.99. The highest BCUT2D eigenvalue weighted by atomic mass is 32.2. The minimum atomic E-state index is -0.000625. The van der Waals surface area contributed by atoms with Crippen molar-refractivity contribution in [1.29, 1.82) is 0 Å². The number of rotatable bonds is 3. The van der Waals surface area contributed by atoms with E-state index in [1.165, 1.54) is 5.75 Å². The maximum atomic E-state index is 6.53. The Kier molecular flexibility index (Phi) is 4.19. The van der Waals surface area contributed by atoms with Crippen LogP contribution in [0.15, 0.2) is 18.5 Å². The monoisotopic (exact) mass is 294 g/mol. The third kappa shape index (κ3) is 2.67.